The van der Waals surface area contributed by atoms with Gasteiger partial charge in [0.05, 0.1) is 0 Å². The summed E-state index contributed by atoms with van der Waals surface area (Å²) in [7, 11) is -3.31. The highest BCUT2D eigenvalue weighted by molar-refractivity contribution is 7.86. The van der Waals surface area contributed by atoms with Crippen molar-refractivity contribution in [2.45, 2.75) is 57.5 Å². The second kappa shape index (κ2) is 6.07. The third-order valence-corrected chi connectivity index (χ3v) is 6.50. The first-order valence-corrected chi connectivity index (χ1v) is 8.85. The van der Waals surface area contributed by atoms with Crippen molar-refractivity contribution in [1.82, 2.24) is 8.61 Å². The number of rotatable bonds is 5. The van der Waals surface area contributed by atoms with Crippen LogP contribution in [0.25, 0.3) is 0 Å². The Morgan fingerprint density at radius 1 is 1.22 bits per heavy atom. The Morgan fingerprint density at radius 3 is 2.44 bits per heavy atom. The van der Waals surface area contributed by atoms with Crippen LogP contribution in [0.3, 0.4) is 0 Å². The largest absolute Gasteiger partial charge is 0.282 e. The second-order valence-corrected chi connectivity index (χ2v) is 7.56. The molecule has 0 spiro atoms. The van der Waals surface area contributed by atoms with Gasteiger partial charge in [0.1, 0.15) is 0 Å². The van der Waals surface area contributed by atoms with Crippen molar-refractivity contribution in [3.8, 4) is 0 Å². The molecule has 0 aromatic heterocycles. The van der Waals surface area contributed by atoms with Gasteiger partial charge in [0.15, 0.2) is 0 Å². The molecule has 6 heteroatoms. The number of halogens is 1. The van der Waals surface area contributed by atoms with E-state index in [-0.39, 0.29) is 12.1 Å². The van der Waals surface area contributed by atoms with E-state index in [1.807, 2.05) is 6.92 Å². The topological polar surface area (TPSA) is 40.6 Å². The zero-order chi connectivity index (χ0) is 13.2. The summed E-state index contributed by atoms with van der Waals surface area (Å²) in [4.78, 5) is 0. The summed E-state index contributed by atoms with van der Waals surface area (Å²) in [5, 5.41) is 0. The Kier molecular flexibility index (Phi) is 4.92. The van der Waals surface area contributed by atoms with Gasteiger partial charge in [-0.2, -0.15) is 17.0 Å². The number of hydrogen-bond acceptors (Lipinski definition) is 2. The predicted octanol–water partition coefficient (Wildman–Crippen LogP) is 2.20. The van der Waals surface area contributed by atoms with Gasteiger partial charge in [0.25, 0.3) is 10.2 Å². The molecule has 1 aliphatic carbocycles. The Bertz CT molecular complexity index is 370. The molecule has 18 heavy (non-hydrogen) atoms. The third-order valence-electron chi connectivity index (χ3n) is 4.12. The normalized spacial score (nSPS) is 27.4. The molecule has 0 bridgehead atoms. The molecule has 0 N–H and O–H groups in total. The molecular formula is C12H23ClN2O2S. The van der Waals surface area contributed by atoms with Crippen molar-refractivity contribution in [3.63, 3.8) is 0 Å². The SMILES string of the molecule is CC1CCCCN1S(=O)(=O)N(CCCl)C1CCC1. The monoisotopic (exact) mass is 294 g/mol. The van der Waals surface area contributed by atoms with Gasteiger partial charge in [0.2, 0.25) is 0 Å². The predicted molar refractivity (Wildman–Crippen MR) is 74.0 cm³/mol. The van der Waals surface area contributed by atoms with Gasteiger partial charge in [-0.15, -0.1) is 11.6 Å². The minimum absolute atomic E-state index is 0.127. The molecule has 0 aromatic carbocycles. The zero-order valence-electron chi connectivity index (χ0n) is 11.0. The molecule has 2 fully saturated rings. The van der Waals surface area contributed by atoms with Crippen LogP contribution >= 0.6 is 11.6 Å². The molecule has 0 amide bonds. The lowest BCUT2D eigenvalue weighted by Gasteiger charge is -2.42. The summed E-state index contributed by atoms with van der Waals surface area (Å²) in [6.07, 6.45) is 6.18. The van der Waals surface area contributed by atoms with Crippen LogP contribution in [0.5, 0.6) is 0 Å². The quantitative estimate of drug-likeness (QED) is 0.729. The Balaban J connectivity index is 2.15. The van der Waals surface area contributed by atoms with Gasteiger partial charge in [-0.05, 0) is 32.6 Å². The van der Waals surface area contributed by atoms with Gasteiger partial charge in [0, 0.05) is 31.1 Å². The first kappa shape index (κ1) is 14.6. The van der Waals surface area contributed by atoms with E-state index in [0.717, 1.165) is 38.5 Å². The molecule has 2 rings (SSSR count). The minimum atomic E-state index is -3.31. The molecule has 1 unspecified atom stereocenters. The van der Waals surface area contributed by atoms with Crippen LogP contribution in [-0.2, 0) is 10.2 Å². The molecule has 1 heterocycles. The van der Waals surface area contributed by atoms with Crippen LogP contribution in [0.2, 0.25) is 0 Å². The first-order valence-electron chi connectivity index (χ1n) is 6.92. The van der Waals surface area contributed by atoms with E-state index in [2.05, 4.69) is 0 Å². The molecule has 1 atom stereocenters. The Morgan fingerprint density at radius 2 is 1.94 bits per heavy atom. The van der Waals surface area contributed by atoms with Crippen LogP contribution in [-0.4, -0.2) is 48.1 Å². The van der Waals surface area contributed by atoms with Crippen molar-refractivity contribution in [2.24, 2.45) is 0 Å². The van der Waals surface area contributed by atoms with E-state index < -0.39 is 10.2 Å². The fraction of sp³-hybridized carbons (Fsp3) is 1.00. The van der Waals surface area contributed by atoms with E-state index in [1.165, 1.54) is 0 Å². The van der Waals surface area contributed by atoms with Gasteiger partial charge in [-0.3, -0.25) is 0 Å². The smallest absolute Gasteiger partial charge is 0.195 e. The summed E-state index contributed by atoms with van der Waals surface area (Å²) < 4.78 is 28.8. The highest BCUT2D eigenvalue weighted by Crippen LogP contribution is 2.30. The lowest BCUT2D eigenvalue weighted by atomic mass is 9.93. The maximum Gasteiger partial charge on any atom is 0.282 e. The minimum Gasteiger partial charge on any atom is -0.195 e. The number of nitrogens with zero attached hydrogens (tertiary/aromatic N) is 2. The average molecular weight is 295 g/mol. The second-order valence-electron chi connectivity index (χ2n) is 5.35. The molecule has 106 valence electrons. The molecule has 1 aliphatic heterocycles. The van der Waals surface area contributed by atoms with Crippen LogP contribution in [0.15, 0.2) is 0 Å². The average Bonchev–Trinajstić information content (AvgIpc) is 2.26. The van der Waals surface area contributed by atoms with Crippen LogP contribution in [0.4, 0.5) is 0 Å². The Hall–Kier alpha value is 0.160. The number of hydrogen-bond donors (Lipinski definition) is 0. The lowest BCUT2D eigenvalue weighted by Crippen LogP contribution is -2.54. The summed E-state index contributed by atoms with van der Waals surface area (Å²) in [5.41, 5.74) is 0. The highest BCUT2D eigenvalue weighted by atomic mass is 35.5. The molecule has 0 aromatic rings. The van der Waals surface area contributed by atoms with Crippen LogP contribution < -0.4 is 0 Å². The van der Waals surface area contributed by atoms with E-state index in [4.69, 9.17) is 11.6 Å². The van der Waals surface area contributed by atoms with Gasteiger partial charge < -0.3 is 0 Å². The summed E-state index contributed by atoms with van der Waals surface area (Å²) in [5.74, 6) is 0.373. The van der Waals surface area contributed by atoms with E-state index in [0.29, 0.717) is 19.0 Å². The molecule has 2 aliphatic rings. The van der Waals surface area contributed by atoms with Gasteiger partial charge >= 0.3 is 0 Å². The van der Waals surface area contributed by atoms with Gasteiger partial charge in [-0.1, -0.05) is 12.8 Å². The van der Waals surface area contributed by atoms with Crippen molar-refractivity contribution < 1.29 is 8.42 Å². The van der Waals surface area contributed by atoms with Gasteiger partial charge in [-0.25, -0.2) is 0 Å². The molecule has 4 nitrogen and oxygen atoms in total. The zero-order valence-corrected chi connectivity index (χ0v) is 12.6. The standard InChI is InChI=1S/C12H23ClN2O2S/c1-11-5-2-3-9-14(11)18(16,17)15(10-8-13)12-6-4-7-12/h11-12H,2-10H2,1H3. The summed E-state index contributed by atoms with van der Waals surface area (Å²) in [6, 6.07) is 0.310. The molecular weight excluding hydrogens is 272 g/mol. The number of alkyl halides is 1. The fourth-order valence-electron chi connectivity index (χ4n) is 2.79. The maximum atomic E-state index is 12.7. The van der Waals surface area contributed by atoms with Crippen LogP contribution in [0.1, 0.15) is 45.4 Å². The lowest BCUT2D eigenvalue weighted by molar-refractivity contribution is 0.190. The van der Waals surface area contributed by atoms with Crippen LogP contribution in [0, 0.1) is 0 Å². The highest BCUT2D eigenvalue weighted by Gasteiger charge is 2.39. The van der Waals surface area contributed by atoms with Crippen molar-refractivity contribution in [3.05, 3.63) is 0 Å². The maximum absolute atomic E-state index is 12.7. The van der Waals surface area contributed by atoms with E-state index >= 15 is 0 Å². The third kappa shape index (κ3) is 2.84. The summed E-state index contributed by atoms with van der Waals surface area (Å²) >= 11 is 5.78. The van der Waals surface area contributed by atoms with E-state index in [9.17, 15) is 8.42 Å². The molecule has 1 saturated heterocycles. The number of piperidine rings is 1. The molecule has 0 radical (unpaired) electrons. The fourth-order valence-corrected chi connectivity index (χ4v) is 5.17. The van der Waals surface area contributed by atoms with Crippen molar-refractivity contribution in [2.75, 3.05) is 19.0 Å². The molecule has 1 saturated carbocycles. The Labute approximate surface area is 115 Å². The summed E-state index contributed by atoms with van der Waals surface area (Å²) in [6.45, 7) is 3.11. The van der Waals surface area contributed by atoms with Crippen molar-refractivity contribution >= 4 is 21.8 Å². The first-order chi connectivity index (χ1) is 8.57. The van der Waals surface area contributed by atoms with Crippen molar-refractivity contribution in [1.29, 1.82) is 0 Å². The van der Waals surface area contributed by atoms with E-state index in [1.54, 1.807) is 8.61 Å².